The average Bonchev–Trinajstić information content (AvgIpc) is 2.85. The van der Waals surface area contributed by atoms with Gasteiger partial charge in [-0.05, 0) is 49.9 Å². The highest BCUT2D eigenvalue weighted by Gasteiger charge is 2.09. The second-order valence-corrected chi connectivity index (χ2v) is 6.51. The Morgan fingerprint density at radius 1 is 1.20 bits per heavy atom. The first-order chi connectivity index (χ1) is 9.60. The lowest BCUT2D eigenvalue weighted by atomic mass is 10.0. The molecule has 108 valence electrons. The topological polar surface area (TPSA) is 35.2 Å². The van der Waals surface area contributed by atoms with Crippen LogP contribution in [0.25, 0.3) is 0 Å². The number of hydrogen-bond acceptors (Lipinski definition) is 3. The number of para-hydroxylation sites is 1. The molecule has 0 amide bonds. The maximum absolute atomic E-state index is 6.07. The minimum Gasteiger partial charge on any atom is -0.488 e. The van der Waals surface area contributed by atoms with E-state index in [0.29, 0.717) is 6.61 Å². The van der Waals surface area contributed by atoms with E-state index < -0.39 is 0 Å². The quantitative estimate of drug-likeness (QED) is 0.869. The third-order valence-electron chi connectivity index (χ3n) is 3.26. The van der Waals surface area contributed by atoms with Crippen LogP contribution in [0.5, 0.6) is 5.75 Å². The van der Waals surface area contributed by atoms with Gasteiger partial charge < -0.3 is 10.5 Å². The number of hydrogen-bond donors (Lipinski definition) is 1. The van der Waals surface area contributed by atoms with Crippen LogP contribution in [-0.4, -0.2) is 6.04 Å². The van der Waals surface area contributed by atoms with E-state index in [2.05, 4.69) is 44.2 Å². The molecule has 20 heavy (non-hydrogen) atoms. The van der Waals surface area contributed by atoms with E-state index in [1.807, 2.05) is 18.3 Å². The highest BCUT2D eigenvalue weighted by Crippen LogP contribution is 2.27. The first-order valence-electron chi connectivity index (χ1n) is 7.14. The van der Waals surface area contributed by atoms with Crippen molar-refractivity contribution in [2.45, 2.75) is 46.3 Å². The minimum absolute atomic E-state index is 0.146. The van der Waals surface area contributed by atoms with Crippen molar-refractivity contribution >= 4 is 11.3 Å². The van der Waals surface area contributed by atoms with Gasteiger partial charge >= 0.3 is 0 Å². The summed E-state index contributed by atoms with van der Waals surface area (Å²) in [5.74, 6) is 0.997. The molecule has 0 fully saturated rings. The van der Waals surface area contributed by atoms with Crippen LogP contribution in [0.2, 0.25) is 0 Å². The lowest BCUT2D eigenvalue weighted by Crippen LogP contribution is -2.18. The van der Waals surface area contributed by atoms with Crippen LogP contribution in [0.15, 0.2) is 30.3 Å². The predicted octanol–water partition coefficient (Wildman–Crippen LogP) is 4.09. The van der Waals surface area contributed by atoms with E-state index in [4.69, 9.17) is 10.5 Å². The molecule has 0 saturated heterocycles. The van der Waals surface area contributed by atoms with E-state index in [1.165, 1.54) is 20.9 Å². The third-order valence-corrected chi connectivity index (χ3v) is 4.46. The maximum Gasteiger partial charge on any atom is 0.126 e. The Morgan fingerprint density at radius 2 is 1.95 bits per heavy atom. The highest BCUT2D eigenvalue weighted by atomic mass is 32.1. The first-order valence-corrected chi connectivity index (χ1v) is 7.96. The summed E-state index contributed by atoms with van der Waals surface area (Å²) in [6.07, 6.45) is 1.94. The third kappa shape index (κ3) is 3.84. The monoisotopic (exact) mass is 289 g/mol. The van der Waals surface area contributed by atoms with Crippen molar-refractivity contribution in [3.8, 4) is 5.75 Å². The van der Waals surface area contributed by atoms with Crippen LogP contribution in [-0.2, 0) is 19.4 Å². The van der Waals surface area contributed by atoms with Crippen molar-refractivity contribution in [1.29, 1.82) is 0 Å². The molecule has 3 heteroatoms. The fraction of sp³-hybridized carbons (Fsp3) is 0.412. The van der Waals surface area contributed by atoms with Gasteiger partial charge in [0.1, 0.15) is 12.4 Å². The van der Waals surface area contributed by atoms with Gasteiger partial charge in [0.15, 0.2) is 0 Å². The summed E-state index contributed by atoms with van der Waals surface area (Å²) in [4.78, 5) is 2.68. The second-order valence-electron chi connectivity index (χ2n) is 5.25. The van der Waals surface area contributed by atoms with Gasteiger partial charge in [0.2, 0.25) is 0 Å². The van der Waals surface area contributed by atoms with Gasteiger partial charge in [-0.1, -0.05) is 25.1 Å². The van der Waals surface area contributed by atoms with Crippen molar-refractivity contribution < 1.29 is 4.74 Å². The smallest absolute Gasteiger partial charge is 0.126 e. The number of thiophene rings is 1. The molecule has 1 aromatic carbocycles. The molecule has 0 spiro atoms. The molecule has 2 N–H and O–H groups in total. The van der Waals surface area contributed by atoms with Crippen molar-refractivity contribution in [2.24, 2.45) is 5.73 Å². The summed E-state index contributed by atoms with van der Waals surface area (Å²) in [6.45, 7) is 6.94. The van der Waals surface area contributed by atoms with Crippen LogP contribution in [0.4, 0.5) is 0 Å². The van der Waals surface area contributed by atoms with Gasteiger partial charge in [-0.25, -0.2) is 0 Å². The molecule has 2 rings (SSSR count). The van der Waals surface area contributed by atoms with Gasteiger partial charge in [-0.15, -0.1) is 11.3 Å². The Balaban J connectivity index is 2.11. The Morgan fingerprint density at radius 3 is 2.60 bits per heavy atom. The van der Waals surface area contributed by atoms with Crippen LogP contribution in [0, 0.1) is 6.92 Å². The molecule has 2 nitrogen and oxygen atoms in total. The van der Waals surface area contributed by atoms with E-state index >= 15 is 0 Å². The first kappa shape index (κ1) is 15.1. The lowest BCUT2D eigenvalue weighted by molar-refractivity contribution is 0.303. The number of benzene rings is 1. The zero-order chi connectivity index (χ0) is 14.5. The lowest BCUT2D eigenvalue weighted by Gasteiger charge is -2.15. The van der Waals surface area contributed by atoms with E-state index in [0.717, 1.165) is 18.6 Å². The second kappa shape index (κ2) is 6.91. The molecular weight excluding hydrogens is 266 g/mol. The van der Waals surface area contributed by atoms with Crippen LogP contribution < -0.4 is 10.5 Å². The predicted molar refractivity (Wildman–Crippen MR) is 86.6 cm³/mol. The zero-order valence-electron chi connectivity index (χ0n) is 12.5. The molecule has 1 unspecified atom stereocenters. The molecule has 0 aliphatic carbocycles. The van der Waals surface area contributed by atoms with Crippen molar-refractivity contribution in [3.63, 3.8) is 0 Å². The number of ether oxygens (including phenoxy) is 1. The highest BCUT2D eigenvalue weighted by molar-refractivity contribution is 7.11. The number of aryl methyl sites for hydroxylation is 2. The summed E-state index contributed by atoms with van der Waals surface area (Å²) in [7, 11) is 0. The zero-order valence-corrected chi connectivity index (χ0v) is 13.3. The molecule has 0 aliphatic heterocycles. The van der Waals surface area contributed by atoms with Gasteiger partial charge in [-0.2, -0.15) is 0 Å². The standard InChI is InChI=1S/C17H23NOS/c1-4-15-8-9-16(20-15)11-19-17-12(2)6-5-7-14(17)10-13(3)18/h5-9,13H,4,10-11,18H2,1-3H3. The van der Waals surface area contributed by atoms with E-state index in [-0.39, 0.29) is 6.04 Å². The maximum atomic E-state index is 6.07. The summed E-state index contributed by atoms with van der Waals surface area (Å²) in [5.41, 5.74) is 8.30. The summed E-state index contributed by atoms with van der Waals surface area (Å²) in [6, 6.07) is 10.8. The van der Waals surface area contributed by atoms with Crippen LogP contribution in [0.1, 0.15) is 34.7 Å². The normalized spacial score (nSPS) is 12.4. The molecule has 0 aliphatic rings. The molecule has 1 atom stereocenters. The minimum atomic E-state index is 0.146. The molecule has 0 bridgehead atoms. The van der Waals surface area contributed by atoms with E-state index in [1.54, 1.807) is 0 Å². The Kier molecular flexibility index (Phi) is 5.21. The Bertz CT molecular complexity index is 560. The largest absolute Gasteiger partial charge is 0.488 e. The van der Waals surface area contributed by atoms with Gasteiger partial charge in [0.05, 0.1) is 0 Å². The van der Waals surface area contributed by atoms with Gasteiger partial charge in [0.25, 0.3) is 0 Å². The van der Waals surface area contributed by atoms with Gasteiger partial charge in [-0.3, -0.25) is 0 Å². The molecular formula is C17H23NOS. The summed E-state index contributed by atoms with van der Waals surface area (Å²) >= 11 is 1.83. The fourth-order valence-corrected chi connectivity index (χ4v) is 3.13. The van der Waals surface area contributed by atoms with Gasteiger partial charge in [0, 0.05) is 15.8 Å². The summed E-state index contributed by atoms with van der Waals surface area (Å²) < 4.78 is 6.07. The van der Waals surface area contributed by atoms with Crippen LogP contribution in [0.3, 0.4) is 0 Å². The SMILES string of the molecule is CCc1ccc(COc2c(C)cccc2CC(C)N)s1. The van der Waals surface area contributed by atoms with Crippen LogP contribution >= 0.6 is 11.3 Å². The molecule has 1 heterocycles. The average molecular weight is 289 g/mol. The molecule has 0 radical (unpaired) electrons. The Labute approximate surface area is 125 Å². The fourth-order valence-electron chi connectivity index (χ4n) is 2.26. The molecule has 2 aromatic rings. The number of nitrogens with two attached hydrogens (primary N) is 1. The molecule has 1 aromatic heterocycles. The molecule has 0 saturated carbocycles. The van der Waals surface area contributed by atoms with Crippen molar-refractivity contribution in [2.75, 3.05) is 0 Å². The van der Waals surface area contributed by atoms with E-state index in [9.17, 15) is 0 Å². The Hall–Kier alpha value is -1.32. The van der Waals surface area contributed by atoms with Crippen molar-refractivity contribution in [3.05, 3.63) is 51.2 Å². The summed E-state index contributed by atoms with van der Waals surface area (Å²) in [5, 5.41) is 0. The van der Waals surface area contributed by atoms with Crippen molar-refractivity contribution in [1.82, 2.24) is 0 Å². The number of rotatable bonds is 6.